The monoisotopic (exact) mass is 314 g/mol. The Labute approximate surface area is 137 Å². The van der Waals surface area contributed by atoms with Crippen molar-refractivity contribution in [3.8, 4) is 17.2 Å². The van der Waals surface area contributed by atoms with Crippen molar-refractivity contribution in [3.63, 3.8) is 0 Å². The number of methoxy groups -OCH3 is 3. The maximum atomic E-state index is 12.9. The molecule has 0 aliphatic carbocycles. The molecular weight excluding hydrogens is 292 g/mol. The molecule has 2 aromatic rings. The SMILES string of the molecule is COc1cccc(C(=O)c2cc(C(C)C)c(OC)cc2OC)c1. The van der Waals surface area contributed by atoms with E-state index in [0.717, 1.165) is 11.3 Å². The quantitative estimate of drug-likeness (QED) is 0.754. The third kappa shape index (κ3) is 3.47. The Morgan fingerprint density at radius 2 is 1.61 bits per heavy atom. The Balaban J connectivity index is 2.56. The molecule has 0 spiro atoms. The van der Waals surface area contributed by atoms with Crippen molar-refractivity contribution in [2.45, 2.75) is 19.8 Å². The molecule has 0 N–H and O–H groups in total. The van der Waals surface area contributed by atoms with Crippen molar-refractivity contribution in [1.82, 2.24) is 0 Å². The molecule has 0 saturated heterocycles. The second kappa shape index (κ2) is 7.18. The lowest BCUT2D eigenvalue weighted by Gasteiger charge is -2.16. The van der Waals surface area contributed by atoms with Gasteiger partial charge < -0.3 is 14.2 Å². The number of ether oxygens (including phenoxy) is 3. The topological polar surface area (TPSA) is 44.8 Å². The van der Waals surface area contributed by atoms with Crippen molar-refractivity contribution in [2.75, 3.05) is 21.3 Å². The second-order valence-electron chi connectivity index (χ2n) is 5.51. The van der Waals surface area contributed by atoms with E-state index < -0.39 is 0 Å². The van der Waals surface area contributed by atoms with Crippen molar-refractivity contribution in [1.29, 1.82) is 0 Å². The van der Waals surface area contributed by atoms with E-state index in [0.29, 0.717) is 22.6 Å². The Kier molecular flexibility index (Phi) is 5.27. The maximum absolute atomic E-state index is 12.9. The molecule has 0 aliphatic rings. The van der Waals surface area contributed by atoms with Crippen molar-refractivity contribution >= 4 is 5.78 Å². The van der Waals surface area contributed by atoms with Crippen LogP contribution in [0.15, 0.2) is 36.4 Å². The summed E-state index contributed by atoms with van der Waals surface area (Å²) in [6, 6.07) is 10.7. The molecule has 0 radical (unpaired) electrons. The Bertz CT molecular complexity index is 705. The van der Waals surface area contributed by atoms with Crippen molar-refractivity contribution in [3.05, 3.63) is 53.1 Å². The van der Waals surface area contributed by atoms with Gasteiger partial charge in [-0.05, 0) is 29.7 Å². The highest BCUT2D eigenvalue weighted by atomic mass is 16.5. The number of ketones is 1. The number of rotatable bonds is 6. The van der Waals surface area contributed by atoms with Crippen LogP contribution in [0.1, 0.15) is 41.3 Å². The van der Waals surface area contributed by atoms with E-state index in [2.05, 4.69) is 13.8 Å². The van der Waals surface area contributed by atoms with Crippen LogP contribution >= 0.6 is 0 Å². The van der Waals surface area contributed by atoms with Gasteiger partial charge in [0.2, 0.25) is 0 Å². The van der Waals surface area contributed by atoms with Gasteiger partial charge in [0, 0.05) is 11.6 Å². The van der Waals surface area contributed by atoms with Gasteiger partial charge in [0.15, 0.2) is 5.78 Å². The molecule has 0 atom stereocenters. The van der Waals surface area contributed by atoms with Crippen LogP contribution in [-0.2, 0) is 0 Å². The van der Waals surface area contributed by atoms with Gasteiger partial charge >= 0.3 is 0 Å². The number of hydrogen-bond donors (Lipinski definition) is 0. The summed E-state index contributed by atoms with van der Waals surface area (Å²) in [5, 5.41) is 0. The van der Waals surface area contributed by atoms with Gasteiger partial charge in [-0.25, -0.2) is 0 Å². The van der Waals surface area contributed by atoms with E-state index in [1.165, 1.54) is 0 Å². The van der Waals surface area contributed by atoms with Gasteiger partial charge in [-0.2, -0.15) is 0 Å². The maximum Gasteiger partial charge on any atom is 0.196 e. The fourth-order valence-corrected chi connectivity index (χ4v) is 2.47. The molecule has 0 amide bonds. The summed E-state index contributed by atoms with van der Waals surface area (Å²) in [6.45, 7) is 4.12. The van der Waals surface area contributed by atoms with Gasteiger partial charge in [0.1, 0.15) is 17.2 Å². The lowest BCUT2D eigenvalue weighted by atomic mass is 9.95. The molecule has 4 heteroatoms. The molecule has 0 unspecified atom stereocenters. The average molecular weight is 314 g/mol. The summed E-state index contributed by atoms with van der Waals surface area (Å²) in [5.41, 5.74) is 2.05. The highest BCUT2D eigenvalue weighted by molar-refractivity contribution is 6.11. The lowest BCUT2D eigenvalue weighted by molar-refractivity contribution is 0.103. The summed E-state index contributed by atoms with van der Waals surface area (Å²) in [7, 11) is 4.74. The van der Waals surface area contributed by atoms with Crippen LogP contribution < -0.4 is 14.2 Å². The highest BCUT2D eigenvalue weighted by Gasteiger charge is 2.20. The van der Waals surface area contributed by atoms with E-state index in [1.807, 2.05) is 12.1 Å². The van der Waals surface area contributed by atoms with Crippen LogP contribution in [0.5, 0.6) is 17.2 Å². The summed E-state index contributed by atoms with van der Waals surface area (Å²) in [6.07, 6.45) is 0. The van der Waals surface area contributed by atoms with E-state index in [-0.39, 0.29) is 11.7 Å². The fraction of sp³-hybridized carbons (Fsp3) is 0.316. The van der Waals surface area contributed by atoms with Gasteiger partial charge in [-0.15, -0.1) is 0 Å². The number of hydrogen-bond acceptors (Lipinski definition) is 4. The minimum absolute atomic E-state index is 0.106. The Hall–Kier alpha value is -2.49. The van der Waals surface area contributed by atoms with Crippen LogP contribution in [0.4, 0.5) is 0 Å². The smallest absolute Gasteiger partial charge is 0.196 e. The van der Waals surface area contributed by atoms with Gasteiger partial charge in [0.25, 0.3) is 0 Å². The predicted molar refractivity (Wildman–Crippen MR) is 90.1 cm³/mol. The molecule has 0 heterocycles. The van der Waals surface area contributed by atoms with E-state index in [9.17, 15) is 4.79 Å². The van der Waals surface area contributed by atoms with Crippen molar-refractivity contribution in [2.24, 2.45) is 0 Å². The number of carbonyl (C=O) groups excluding carboxylic acids is 1. The Morgan fingerprint density at radius 3 is 2.17 bits per heavy atom. The van der Waals surface area contributed by atoms with Crippen LogP contribution in [0.3, 0.4) is 0 Å². The average Bonchev–Trinajstić information content (AvgIpc) is 2.59. The normalized spacial score (nSPS) is 10.5. The molecule has 122 valence electrons. The molecule has 0 aliphatic heterocycles. The second-order valence-corrected chi connectivity index (χ2v) is 5.51. The summed E-state index contributed by atoms with van der Waals surface area (Å²) >= 11 is 0. The first-order chi connectivity index (χ1) is 11.0. The number of carbonyl (C=O) groups is 1. The van der Waals surface area contributed by atoms with Gasteiger partial charge in [0.05, 0.1) is 26.9 Å². The molecule has 4 nitrogen and oxygen atoms in total. The molecular formula is C19H22O4. The van der Waals surface area contributed by atoms with E-state index >= 15 is 0 Å². The zero-order chi connectivity index (χ0) is 17.0. The highest BCUT2D eigenvalue weighted by Crippen LogP contribution is 2.34. The van der Waals surface area contributed by atoms with E-state index in [4.69, 9.17) is 14.2 Å². The van der Waals surface area contributed by atoms with Crippen LogP contribution in [0, 0.1) is 0 Å². The van der Waals surface area contributed by atoms with Crippen molar-refractivity contribution < 1.29 is 19.0 Å². The zero-order valence-corrected chi connectivity index (χ0v) is 14.2. The van der Waals surface area contributed by atoms with Gasteiger partial charge in [-0.3, -0.25) is 4.79 Å². The van der Waals surface area contributed by atoms with Gasteiger partial charge in [-0.1, -0.05) is 26.0 Å². The first kappa shape index (κ1) is 16.9. The minimum Gasteiger partial charge on any atom is -0.497 e. The lowest BCUT2D eigenvalue weighted by Crippen LogP contribution is -2.07. The van der Waals surface area contributed by atoms with Crippen LogP contribution in [-0.4, -0.2) is 27.1 Å². The molecule has 23 heavy (non-hydrogen) atoms. The van der Waals surface area contributed by atoms with E-state index in [1.54, 1.807) is 45.6 Å². The molecule has 0 fully saturated rings. The fourth-order valence-electron chi connectivity index (χ4n) is 2.47. The molecule has 0 bridgehead atoms. The first-order valence-corrected chi connectivity index (χ1v) is 7.46. The first-order valence-electron chi connectivity index (χ1n) is 7.46. The molecule has 0 aromatic heterocycles. The van der Waals surface area contributed by atoms with Crippen LogP contribution in [0.25, 0.3) is 0 Å². The largest absolute Gasteiger partial charge is 0.497 e. The molecule has 2 aromatic carbocycles. The third-order valence-electron chi connectivity index (χ3n) is 3.75. The predicted octanol–water partition coefficient (Wildman–Crippen LogP) is 4.07. The molecule has 0 saturated carbocycles. The zero-order valence-electron chi connectivity index (χ0n) is 14.2. The standard InChI is InChI=1S/C19H22O4/c1-12(2)15-10-16(18(23-5)11-17(15)22-4)19(20)13-7-6-8-14(9-13)21-3/h6-12H,1-5H3. The summed E-state index contributed by atoms with van der Waals surface area (Å²) in [4.78, 5) is 12.9. The summed E-state index contributed by atoms with van der Waals surface area (Å²) in [5.74, 6) is 1.99. The molecule has 2 rings (SSSR count). The minimum atomic E-state index is -0.106. The number of benzene rings is 2. The van der Waals surface area contributed by atoms with Crippen LogP contribution in [0.2, 0.25) is 0 Å². The summed E-state index contributed by atoms with van der Waals surface area (Å²) < 4.78 is 16.0. The Morgan fingerprint density at radius 1 is 0.913 bits per heavy atom. The third-order valence-corrected chi connectivity index (χ3v) is 3.75.